The first-order valence-electron chi connectivity index (χ1n) is 10.5. The molecule has 0 fully saturated rings. The fourth-order valence-corrected chi connectivity index (χ4v) is 4.13. The van der Waals surface area contributed by atoms with Gasteiger partial charge in [-0.15, -0.1) is 0 Å². The number of Topliss-reactive ketones (excluding diaryl/α,β-unsaturated/α-hetero) is 1. The van der Waals surface area contributed by atoms with Gasteiger partial charge in [0.2, 0.25) is 0 Å². The van der Waals surface area contributed by atoms with Crippen molar-refractivity contribution in [2.45, 2.75) is 39.7 Å². The second kappa shape index (κ2) is 8.38. The molecule has 0 spiro atoms. The van der Waals surface area contributed by atoms with E-state index in [1.54, 1.807) is 24.3 Å². The molecule has 6 nitrogen and oxygen atoms in total. The summed E-state index contributed by atoms with van der Waals surface area (Å²) in [6, 6.07) is 16.7. The number of amides is 1. The first-order chi connectivity index (χ1) is 14.8. The van der Waals surface area contributed by atoms with Crippen LogP contribution in [0.1, 0.15) is 54.8 Å². The van der Waals surface area contributed by atoms with Gasteiger partial charge in [0.15, 0.2) is 12.4 Å². The van der Waals surface area contributed by atoms with Gasteiger partial charge >= 0.3 is 0 Å². The van der Waals surface area contributed by atoms with Gasteiger partial charge in [-0.2, -0.15) is 5.10 Å². The summed E-state index contributed by atoms with van der Waals surface area (Å²) in [7, 11) is 0. The molecule has 1 aliphatic rings. The Morgan fingerprint density at radius 2 is 1.84 bits per heavy atom. The van der Waals surface area contributed by atoms with E-state index in [0.717, 1.165) is 29.8 Å². The third-order valence-corrected chi connectivity index (χ3v) is 5.65. The molecule has 0 saturated carbocycles. The van der Waals surface area contributed by atoms with Crippen LogP contribution in [0.5, 0.6) is 5.75 Å². The number of para-hydroxylation sites is 1. The molecule has 0 aliphatic heterocycles. The number of hydrogen-bond acceptors (Lipinski definition) is 4. The van der Waals surface area contributed by atoms with Crippen LogP contribution in [0.2, 0.25) is 0 Å². The van der Waals surface area contributed by atoms with Crippen molar-refractivity contribution in [2.75, 3.05) is 6.61 Å². The molecule has 1 atom stereocenters. The first-order valence-corrected chi connectivity index (χ1v) is 10.5. The van der Waals surface area contributed by atoms with E-state index in [0.29, 0.717) is 11.3 Å². The van der Waals surface area contributed by atoms with Gasteiger partial charge in [-0.25, -0.2) is 4.68 Å². The van der Waals surface area contributed by atoms with Gasteiger partial charge in [-0.1, -0.05) is 32.0 Å². The molecule has 1 aliphatic carbocycles. The van der Waals surface area contributed by atoms with E-state index in [1.165, 1.54) is 6.92 Å². The van der Waals surface area contributed by atoms with Gasteiger partial charge < -0.3 is 10.1 Å². The average Bonchev–Trinajstić information content (AvgIpc) is 3.16. The van der Waals surface area contributed by atoms with Crippen LogP contribution in [-0.4, -0.2) is 28.1 Å². The lowest BCUT2D eigenvalue weighted by molar-refractivity contribution is -0.124. The number of ketones is 1. The highest BCUT2D eigenvalue weighted by Crippen LogP contribution is 2.41. The predicted molar refractivity (Wildman–Crippen MR) is 118 cm³/mol. The maximum absolute atomic E-state index is 12.6. The Morgan fingerprint density at radius 3 is 2.52 bits per heavy atom. The van der Waals surface area contributed by atoms with Crippen molar-refractivity contribution in [3.05, 3.63) is 77.6 Å². The zero-order valence-corrected chi connectivity index (χ0v) is 18.1. The number of benzene rings is 2. The van der Waals surface area contributed by atoms with Crippen molar-refractivity contribution in [3.8, 4) is 11.4 Å². The van der Waals surface area contributed by atoms with E-state index in [1.807, 2.05) is 41.2 Å². The third-order valence-electron chi connectivity index (χ3n) is 5.65. The fraction of sp³-hybridized carbons (Fsp3) is 0.320. The van der Waals surface area contributed by atoms with Gasteiger partial charge in [0.1, 0.15) is 5.75 Å². The number of fused-ring (bicyclic) bond motifs is 1. The van der Waals surface area contributed by atoms with Crippen molar-refractivity contribution in [1.29, 1.82) is 0 Å². The van der Waals surface area contributed by atoms with Crippen molar-refractivity contribution in [1.82, 2.24) is 15.1 Å². The Bertz CT molecular complexity index is 1080. The van der Waals surface area contributed by atoms with Gasteiger partial charge in [0.05, 0.1) is 23.6 Å². The molecule has 1 amide bonds. The lowest BCUT2D eigenvalue weighted by Crippen LogP contribution is -2.38. The van der Waals surface area contributed by atoms with Crippen LogP contribution in [0.4, 0.5) is 0 Å². The number of hydrogen-bond donors (Lipinski definition) is 1. The Balaban J connectivity index is 1.47. The van der Waals surface area contributed by atoms with Crippen LogP contribution < -0.4 is 10.1 Å². The zero-order chi connectivity index (χ0) is 22.0. The quantitative estimate of drug-likeness (QED) is 0.608. The third kappa shape index (κ3) is 4.68. The highest BCUT2D eigenvalue weighted by molar-refractivity contribution is 5.94. The Morgan fingerprint density at radius 1 is 1.13 bits per heavy atom. The molecule has 4 rings (SSSR count). The van der Waals surface area contributed by atoms with E-state index in [9.17, 15) is 9.59 Å². The Labute approximate surface area is 182 Å². The predicted octanol–water partition coefficient (Wildman–Crippen LogP) is 4.28. The second-order valence-electron chi connectivity index (χ2n) is 8.83. The highest BCUT2D eigenvalue weighted by atomic mass is 16.5. The largest absolute Gasteiger partial charge is 0.484 e. The highest BCUT2D eigenvalue weighted by Gasteiger charge is 2.36. The van der Waals surface area contributed by atoms with E-state index in [2.05, 4.69) is 24.3 Å². The molecule has 1 N–H and O–H groups in total. The van der Waals surface area contributed by atoms with Crippen LogP contribution in [0, 0.1) is 5.41 Å². The number of aromatic nitrogens is 2. The van der Waals surface area contributed by atoms with Crippen LogP contribution >= 0.6 is 0 Å². The zero-order valence-electron chi connectivity index (χ0n) is 18.1. The maximum Gasteiger partial charge on any atom is 0.258 e. The number of rotatable bonds is 6. The van der Waals surface area contributed by atoms with E-state index in [-0.39, 0.29) is 29.8 Å². The number of nitrogens with zero attached hydrogens (tertiary/aromatic N) is 2. The summed E-state index contributed by atoms with van der Waals surface area (Å²) in [5, 5.41) is 7.74. The molecule has 3 aromatic rings. The molecule has 0 bridgehead atoms. The summed E-state index contributed by atoms with van der Waals surface area (Å²) in [4.78, 5) is 24.0. The summed E-state index contributed by atoms with van der Waals surface area (Å²) in [5.41, 5.74) is 3.85. The summed E-state index contributed by atoms with van der Waals surface area (Å²) in [6.45, 7) is 5.86. The van der Waals surface area contributed by atoms with Crippen LogP contribution in [-0.2, 0) is 11.2 Å². The average molecular weight is 418 g/mol. The summed E-state index contributed by atoms with van der Waals surface area (Å²) >= 11 is 0. The monoisotopic (exact) mass is 417 g/mol. The standard InChI is InChI=1S/C25H27N3O3/c1-17(29)18-9-11-20(12-10-18)31-16-24(30)27-22-13-25(2,3)14-23-21(22)15-26-28(23)19-7-5-4-6-8-19/h4-12,15,22H,13-14,16H2,1-3H3,(H,27,30)/t22-/m0/s1. The lowest BCUT2D eigenvalue weighted by atomic mass is 9.74. The van der Waals surface area contributed by atoms with Gasteiger partial charge in [-0.3, -0.25) is 9.59 Å². The van der Waals surface area contributed by atoms with Crippen molar-refractivity contribution < 1.29 is 14.3 Å². The van der Waals surface area contributed by atoms with Gasteiger partial charge in [-0.05, 0) is 61.6 Å². The van der Waals surface area contributed by atoms with E-state index < -0.39 is 0 Å². The SMILES string of the molecule is CC(=O)c1ccc(OCC(=O)N[C@H]2CC(C)(C)Cc3c2cnn3-c2ccccc2)cc1. The topological polar surface area (TPSA) is 73.2 Å². The molecular weight excluding hydrogens is 390 g/mol. The molecule has 0 radical (unpaired) electrons. The van der Waals surface area contributed by atoms with Crippen molar-refractivity contribution in [3.63, 3.8) is 0 Å². The smallest absolute Gasteiger partial charge is 0.258 e. The molecule has 160 valence electrons. The van der Waals surface area contributed by atoms with E-state index in [4.69, 9.17) is 4.74 Å². The molecule has 2 aromatic carbocycles. The number of carbonyl (C=O) groups is 2. The molecule has 0 unspecified atom stereocenters. The van der Waals surface area contributed by atoms with Crippen molar-refractivity contribution >= 4 is 11.7 Å². The lowest BCUT2D eigenvalue weighted by Gasteiger charge is -2.36. The number of carbonyl (C=O) groups excluding carboxylic acids is 2. The first kappa shape index (κ1) is 20.8. The summed E-state index contributed by atoms with van der Waals surface area (Å²) < 4.78 is 7.59. The molecular formula is C25H27N3O3. The van der Waals surface area contributed by atoms with Crippen molar-refractivity contribution in [2.24, 2.45) is 5.41 Å². The maximum atomic E-state index is 12.6. The van der Waals surface area contributed by atoms with Gasteiger partial charge in [0, 0.05) is 11.1 Å². The summed E-state index contributed by atoms with van der Waals surface area (Å²) in [6.07, 6.45) is 3.59. The van der Waals surface area contributed by atoms with Gasteiger partial charge in [0.25, 0.3) is 5.91 Å². The second-order valence-corrected chi connectivity index (χ2v) is 8.83. The minimum atomic E-state index is -0.184. The molecule has 0 saturated heterocycles. The minimum Gasteiger partial charge on any atom is -0.484 e. The molecule has 1 heterocycles. The Kier molecular flexibility index (Phi) is 5.63. The normalized spacial score (nSPS) is 16.9. The van der Waals surface area contributed by atoms with E-state index >= 15 is 0 Å². The van der Waals surface area contributed by atoms with Crippen LogP contribution in [0.15, 0.2) is 60.8 Å². The fourth-order valence-electron chi connectivity index (χ4n) is 4.13. The Hall–Kier alpha value is -3.41. The molecule has 31 heavy (non-hydrogen) atoms. The minimum absolute atomic E-state index is 0.00365. The summed E-state index contributed by atoms with van der Waals surface area (Å²) in [5.74, 6) is 0.370. The number of nitrogens with one attached hydrogen (secondary N) is 1. The molecule has 1 aromatic heterocycles. The molecule has 6 heteroatoms. The van der Waals surface area contributed by atoms with Crippen LogP contribution in [0.25, 0.3) is 5.69 Å². The van der Waals surface area contributed by atoms with Crippen LogP contribution in [0.3, 0.4) is 0 Å². The number of ether oxygens (including phenoxy) is 1.